The Morgan fingerprint density at radius 3 is 2.78 bits per heavy atom. The number of ketones is 1. The van der Waals surface area contributed by atoms with Crippen molar-refractivity contribution in [2.24, 2.45) is 5.92 Å². The molecular formula is C15H16ClFN2O4. The van der Waals surface area contributed by atoms with Gasteiger partial charge in [-0.05, 0) is 19.8 Å². The predicted molar refractivity (Wildman–Crippen MR) is 79.9 cm³/mol. The molecule has 1 aromatic heterocycles. The standard InChI is InChI=1S/C15H16ClFN2O4/c1-2-23-15(22)8-5-19(7-3-4-7)14-10(12(8)21)9(6-20)11(17)13(16)18-14/h7-8,20H,2-6H2,1H3. The quantitative estimate of drug-likeness (QED) is 0.510. The van der Waals surface area contributed by atoms with Gasteiger partial charge in [0.15, 0.2) is 16.8 Å². The van der Waals surface area contributed by atoms with E-state index < -0.39 is 30.1 Å². The number of nitrogens with zero attached hydrogens (tertiary/aromatic N) is 2. The molecule has 0 aromatic carbocycles. The van der Waals surface area contributed by atoms with Gasteiger partial charge in [0.05, 0.1) is 18.8 Å². The van der Waals surface area contributed by atoms with Crippen molar-refractivity contribution in [1.29, 1.82) is 0 Å². The van der Waals surface area contributed by atoms with Gasteiger partial charge >= 0.3 is 5.97 Å². The van der Waals surface area contributed by atoms with Gasteiger partial charge < -0.3 is 14.7 Å². The number of aliphatic hydroxyl groups excluding tert-OH is 1. The number of aliphatic hydroxyl groups is 1. The highest BCUT2D eigenvalue weighted by atomic mass is 35.5. The average Bonchev–Trinajstić information content (AvgIpc) is 3.34. The number of Topliss-reactive ketones (excluding diaryl/α,β-unsaturated/α-hetero) is 1. The average molecular weight is 343 g/mol. The Hall–Kier alpha value is -1.73. The van der Waals surface area contributed by atoms with E-state index in [4.69, 9.17) is 16.3 Å². The molecule has 1 aromatic rings. The number of halogens is 2. The number of carbonyl (C=O) groups is 2. The molecular weight excluding hydrogens is 327 g/mol. The number of pyridine rings is 1. The molecule has 23 heavy (non-hydrogen) atoms. The van der Waals surface area contributed by atoms with E-state index in [1.807, 2.05) is 0 Å². The van der Waals surface area contributed by atoms with Crippen molar-refractivity contribution in [1.82, 2.24) is 4.98 Å². The molecule has 1 N–H and O–H groups in total. The molecule has 1 saturated carbocycles. The van der Waals surface area contributed by atoms with E-state index in [2.05, 4.69) is 4.98 Å². The lowest BCUT2D eigenvalue weighted by Gasteiger charge is -2.34. The Balaban J connectivity index is 2.13. The fourth-order valence-corrected chi connectivity index (χ4v) is 3.05. The van der Waals surface area contributed by atoms with E-state index in [0.29, 0.717) is 0 Å². The van der Waals surface area contributed by atoms with Crippen molar-refractivity contribution in [2.45, 2.75) is 32.4 Å². The van der Waals surface area contributed by atoms with Crippen LogP contribution in [0.5, 0.6) is 0 Å². The van der Waals surface area contributed by atoms with E-state index in [9.17, 15) is 19.1 Å². The van der Waals surface area contributed by atoms with Crippen molar-refractivity contribution in [3.63, 3.8) is 0 Å². The van der Waals surface area contributed by atoms with E-state index >= 15 is 0 Å². The molecule has 8 heteroatoms. The minimum absolute atomic E-state index is 0.0643. The molecule has 0 radical (unpaired) electrons. The minimum atomic E-state index is -1.05. The van der Waals surface area contributed by atoms with Crippen LogP contribution >= 0.6 is 11.6 Å². The SMILES string of the molecule is CCOC(=O)C1CN(C2CC2)c2nc(Cl)c(F)c(CO)c2C1=O. The predicted octanol–water partition coefficient (Wildman–Crippen LogP) is 1.71. The second kappa shape index (κ2) is 6.05. The summed E-state index contributed by atoms with van der Waals surface area (Å²) in [7, 11) is 0. The van der Waals surface area contributed by atoms with E-state index in [1.54, 1.807) is 11.8 Å². The number of hydrogen-bond acceptors (Lipinski definition) is 6. The number of carbonyl (C=O) groups excluding carboxylic acids is 2. The third kappa shape index (κ3) is 2.68. The number of esters is 1. The molecule has 1 aliphatic carbocycles. The second-order valence-electron chi connectivity index (χ2n) is 5.60. The van der Waals surface area contributed by atoms with Gasteiger partial charge in [-0.25, -0.2) is 9.37 Å². The summed E-state index contributed by atoms with van der Waals surface area (Å²) in [5.74, 6) is -2.96. The molecule has 1 atom stereocenters. The van der Waals surface area contributed by atoms with Gasteiger partial charge in [0.2, 0.25) is 0 Å². The van der Waals surface area contributed by atoms with Gasteiger partial charge in [-0.15, -0.1) is 0 Å². The number of fused-ring (bicyclic) bond motifs is 1. The first kappa shape index (κ1) is 16.1. The number of aromatic nitrogens is 1. The normalized spacial score (nSPS) is 20.4. The largest absolute Gasteiger partial charge is 0.465 e. The monoisotopic (exact) mass is 342 g/mol. The fraction of sp³-hybridized carbons (Fsp3) is 0.533. The Kier molecular flexibility index (Phi) is 4.25. The first-order valence-electron chi connectivity index (χ1n) is 7.45. The highest BCUT2D eigenvalue weighted by Crippen LogP contribution is 2.40. The maximum atomic E-state index is 14.1. The van der Waals surface area contributed by atoms with Crippen LogP contribution in [0.2, 0.25) is 5.15 Å². The molecule has 0 amide bonds. The van der Waals surface area contributed by atoms with Gasteiger partial charge in [-0.2, -0.15) is 0 Å². The van der Waals surface area contributed by atoms with Crippen molar-refractivity contribution < 1.29 is 23.8 Å². The summed E-state index contributed by atoms with van der Waals surface area (Å²) in [6.07, 6.45) is 1.79. The summed E-state index contributed by atoms with van der Waals surface area (Å²) in [6, 6.07) is 0.138. The maximum absolute atomic E-state index is 14.1. The second-order valence-corrected chi connectivity index (χ2v) is 5.96. The summed E-state index contributed by atoms with van der Waals surface area (Å²) in [5.41, 5.74) is -0.282. The van der Waals surface area contributed by atoms with Crippen LogP contribution in [0.15, 0.2) is 0 Å². The Labute approximate surface area is 137 Å². The third-order valence-corrected chi connectivity index (χ3v) is 4.36. The summed E-state index contributed by atoms with van der Waals surface area (Å²) in [6.45, 7) is 1.24. The molecule has 0 saturated heterocycles. The van der Waals surface area contributed by atoms with Gasteiger partial charge in [0.1, 0.15) is 11.7 Å². The molecule has 1 fully saturated rings. The zero-order valence-electron chi connectivity index (χ0n) is 12.5. The summed E-state index contributed by atoms with van der Waals surface area (Å²) in [4.78, 5) is 30.5. The first-order chi connectivity index (χ1) is 11.0. The van der Waals surface area contributed by atoms with Crippen molar-refractivity contribution in [3.8, 4) is 0 Å². The molecule has 2 aliphatic rings. The molecule has 1 unspecified atom stereocenters. The van der Waals surface area contributed by atoms with Crippen molar-refractivity contribution >= 4 is 29.2 Å². The Bertz CT molecular complexity index is 678. The van der Waals surface area contributed by atoms with Gasteiger partial charge in [-0.3, -0.25) is 9.59 Å². The highest BCUT2D eigenvalue weighted by Gasteiger charge is 2.45. The first-order valence-corrected chi connectivity index (χ1v) is 7.83. The van der Waals surface area contributed by atoms with Crippen LogP contribution in [0.3, 0.4) is 0 Å². The minimum Gasteiger partial charge on any atom is -0.465 e. The zero-order valence-corrected chi connectivity index (χ0v) is 13.3. The smallest absolute Gasteiger partial charge is 0.318 e. The Morgan fingerprint density at radius 2 is 2.22 bits per heavy atom. The fourth-order valence-electron chi connectivity index (χ4n) is 2.86. The number of rotatable bonds is 4. The molecule has 124 valence electrons. The van der Waals surface area contributed by atoms with Crippen molar-refractivity contribution in [2.75, 3.05) is 18.1 Å². The summed E-state index contributed by atoms with van der Waals surface area (Å²) < 4.78 is 19.1. The van der Waals surface area contributed by atoms with Gasteiger partial charge in [-0.1, -0.05) is 11.6 Å². The lowest BCUT2D eigenvalue weighted by atomic mass is 9.90. The van der Waals surface area contributed by atoms with Crippen LogP contribution in [-0.4, -0.2) is 41.0 Å². The number of anilines is 1. The summed E-state index contributed by atoms with van der Waals surface area (Å²) in [5, 5.41) is 9.08. The zero-order chi connectivity index (χ0) is 16.7. The summed E-state index contributed by atoms with van der Waals surface area (Å²) >= 11 is 5.79. The molecule has 2 heterocycles. The Morgan fingerprint density at radius 1 is 1.52 bits per heavy atom. The topological polar surface area (TPSA) is 79.7 Å². The molecule has 0 bridgehead atoms. The number of ether oxygens (including phenoxy) is 1. The molecule has 3 rings (SSSR count). The molecule has 1 aliphatic heterocycles. The molecule has 0 spiro atoms. The van der Waals surface area contributed by atoms with Crippen molar-refractivity contribution in [3.05, 3.63) is 22.1 Å². The third-order valence-electron chi connectivity index (χ3n) is 4.11. The van der Waals surface area contributed by atoms with Crippen LogP contribution in [0.25, 0.3) is 0 Å². The van der Waals surface area contributed by atoms with Crippen LogP contribution in [-0.2, 0) is 16.1 Å². The molecule has 6 nitrogen and oxygen atoms in total. The van der Waals surface area contributed by atoms with E-state index in [1.165, 1.54) is 0 Å². The lowest BCUT2D eigenvalue weighted by Crippen LogP contribution is -2.45. The van der Waals surface area contributed by atoms with Crippen LogP contribution in [0.4, 0.5) is 10.2 Å². The van der Waals surface area contributed by atoms with E-state index in [0.717, 1.165) is 12.8 Å². The van der Waals surface area contributed by atoms with E-state index in [-0.39, 0.29) is 41.3 Å². The maximum Gasteiger partial charge on any atom is 0.318 e. The van der Waals surface area contributed by atoms with Crippen LogP contribution in [0.1, 0.15) is 35.7 Å². The van der Waals surface area contributed by atoms with Gasteiger partial charge in [0, 0.05) is 18.2 Å². The van der Waals surface area contributed by atoms with Crippen LogP contribution < -0.4 is 4.90 Å². The lowest BCUT2D eigenvalue weighted by molar-refractivity contribution is -0.145. The van der Waals surface area contributed by atoms with Crippen LogP contribution in [0, 0.1) is 11.7 Å². The number of hydrogen-bond donors (Lipinski definition) is 1. The highest BCUT2D eigenvalue weighted by molar-refractivity contribution is 6.30. The van der Waals surface area contributed by atoms with Gasteiger partial charge in [0.25, 0.3) is 0 Å².